The first-order chi connectivity index (χ1) is 12.8. The van der Waals surface area contributed by atoms with Crippen LogP contribution in [0.5, 0.6) is 0 Å². The number of Topliss-reactive ketones (excluding diaryl/α,β-unsaturated/α-hetero) is 1. The van der Waals surface area contributed by atoms with Crippen molar-refractivity contribution in [1.82, 2.24) is 0 Å². The highest BCUT2D eigenvalue weighted by atomic mass is 32.2. The van der Waals surface area contributed by atoms with Crippen molar-refractivity contribution in [2.75, 3.05) is 0 Å². The van der Waals surface area contributed by atoms with Crippen molar-refractivity contribution < 1.29 is 18.3 Å². The largest absolute Gasteiger partial charge is 0.392 e. The molecular weight excluding hydrogens is 372 g/mol. The first kappa shape index (κ1) is 20.7. The highest BCUT2D eigenvalue weighted by Gasteiger charge is 2.57. The Morgan fingerprint density at radius 1 is 1.00 bits per heavy atom. The third-order valence-electron chi connectivity index (χ3n) is 6.74. The number of carbonyl (C=O) groups excluding carboxylic acids is 1. The summed E-state index contributed by atoms with van der Waals surface area (Å²) in [6, 6.07) is 12.4. The van der Waals surface area contributed by atoms with Crippen molar-refractivity contribution in [3.8, 4) is 0 Å². The molecule has 0 fully saturated rings. The number of hydrogen-bond acceptors (Lipinski definition) is 4. The first-order valence-electron chi connectivity index (χ1n) is 9.46. The molecule has 0 aromatic heterocycles. The van der Waals surface area contributed by atoms with E-state index in [0.29, 0.717) is 11.1 Å². The van der Waals surface area contributed by atoms with E-state index in [1.165, 1.54) is 6.92 Å². The Hall–Kier alpha value is -1.98. The lowest BCUT2D eigenvalue weighted by Gasteiger charge is -2.44. The molecule has 4 nitrogen and oxygen atoms in total. The zero-order chi connectivity index (χ0) is 21.1. The number of ketones is 1. The summed E-state index contributed by atoms with van der Waals surface area (Å²) in [5.41, 5.74) is 2.02. The Labute approximate surface area is 167 Å². The molecule has 0 spiro atoms. The van der Waals surface area contributed by atoms with Gasteiger partial charge < -0.3 is 5.11 Å². The van der Waals surface area contributed by atoms with E-state index in [-0.39, 0.29) is 10.7 Å². The first-order valence-corrected chi connectivity index (χ1v) is 10.9. The fourth-order valence-electron chi connectivity index (χ4n) is 4.01. The summed E-state index contributed by atoms with van der Waals surface area (Å²) in [6.07, 6.45) is -0.927. The Morgan fingerprint density at radius 2 is 1.57 bits per heavy atom. The summed E-state index contributed by atoms with van der Waals surface area (Å²) >= 11 is 0. The molecule has 1 aliphatic rings. The third-order valence-corrected chi connectivity index (χ3v) is 9.57. The van der Waals surface area contributed by atoms with Crippen LogP contribution < -0.4 is 0 Å². The molecule has 2 aromatic carbocycles. The van der Waals surface area contributed by atoms with Gasteiger partial charge in [-0.15, -0.1) is 0 Å². The number of hydrogen-bond donors (Lipinski definition) is 1. The summed E-state index contributed by atoms with van der Waals surface area (Å²) in [6.45, 7) is 10.4. The fraction of sp³-hybridized carbons (Fsp3) is 0.435. The van der Waals surface area contributed by atoms with E-state index < -0.39 is 32.0 Å². The van der Waals surface area contributed by atoms with Gasteiger partial charge in [0, 0.05) is 16.9 Å². The normalized spacial score (nSPS) is 24.8. The van der Waals surface area contributed by atoms with E-state index in [0.717, 1.165) is 11.1 Å². The molecular formula is C23H28O4S. The lowest BCUT2D eigenvalue weighted by atomic mass is 9.68. The second-order valence-electron chi connectivity index (χ2n) is 8.88. The van der Waals surface area contributed by atoms with E-state index >= 15 is 0 Å². The van der Waals surface area contributed by atoms with E-state index in [1.54, 1.807) is 38.1 Å². The van der Waals surface area contributed by atoms with Crippen LogP contribution in [0.25, 0.3) is 0 Å². The quantitative estimate of drug-likeness (QED) is 0.764. The van der Waals surface area contributed by atoms with Crippen LogP contribution in [0.3, 0.4) is 0 Å². The van der Waals surface area contributed by atoms with Crippen LogP contribution in [0, 0.1) is 12.3 Å². The predicted octanol–water partition coefficient (Wildman–Crippen LogP) is 4.28. The molecule has 0 amide bonds. The Kier molecular flexibility index (Phi) is 4.84. The van der Waals surface area contributed by atoms with Gasteiger partial charge in [0.25, 0.3) is 0 Å². The van der Waals surface area contributed by atoms with Crippen LogP contribution in [0.4, 0.5) is 0 Å². The van der Waals surface area contributed by atoms with Crippen molar-refractivity contribution in [3.05, 3.63) is 64.7 Å². The zero-order valence-electron chi connectivity index (χ0n) is 17.3. The molecule has 0 aliphatic carbocycles. The van der Waals surface area contributed by atoms with Crippen molar-refractivity contribution in [2.24, 2.45) is 5.41 Å². The van der Waals surface area contributed by atoms with Gasteiger partial charge in [0.2, 0.25) is 0 Å². The number of sulfone groups is 1. The van der Waals surface area contributed by atoms with Gasteiger partial charge in [0.15, 0.2) is 15.6 Å². The number of fused-ring (bicyclic) bond motifs is 1. The summed E-state index contributed by atoms with van der Waals surface area (Å²) < 4.78 is 26.0. The minimum Gasteiger partial charge on any atom is -0.392 e. The molecule has 2 atom stereocenters. The summed E-state index contributed by atoms with van der Waals surface area (Å²) in [4.78, 5) is 11.9. The molecule has 1 unspecified atom stereocenters. The molecule has 1 N–H and O–H groups in total. The SMILES string of the molecule is CC(=O)c1ccc([C@H]2c3cc(C)ccc3S(=O)(=O)C(C)(C)C(C)(C)C2O)cc1. The summed E-state index contributed by atoms with van der Waals surface area (Å²) in [5, 5.41) is 11.5. The number of aryl methyl sites for hydroxylation is 1. The minimum atomic E-state index is -3.69. The molecule has 150 valence electrons. The van der Waals surface area contributed by atoms with Gasteiger partial charge in [0.05, 0.1) is 15.7 Å². The van der Waals surface area contributed by atoms with Gasteiger partial charge in [-0.2, -0.15) is 0 Å². The lowest BCUT2D eigenvalue weighted by molar-refractivity contribution is 0.0166. The monoisotopic (exact) mass is 400 g/mol. The smallest absolute Gasteiger partial charge is 0.184 e. The minimum absolute atomic E-state index is 0.0340. The molecule has 1 aliphatic heterocycles. The maximum Gasteiger partial charge on any atom is 0.184 e. The van der Waals surface area contributed by atoms with Gasteiger partial charge in [0.1, 0.15) is 0 Å². The van der Waals surface area contributed by atoms with Gasteiger partial charge in [-0.3, -0.25) is 4.79 Å². The topological polar surface area (TPSA) is 71.4 Å². The van der Waals surface area contributed by atoms with E-state index in [4.69, 9.17) is 0 Å². The summed E-state index contributed by atoms with van der Waals surface area (Å²) in [7, 11) is -3.69. The summed E-state index contributed by atoms with van der Waals surface area (Å²) in [5.74, 6) is -0.546. The van der Waals surface area contributed by atoms with E-state index in [2.05, 4.69) is 0 Å². The van der Waals surface area contributed by atoms with Crippen LogP contribution in [-0.2, 0) is 9.84 Å². The van der Waals surface area contributed by atoms with Crippen molar-refractivity contribution in [2.45, 2.75) is 63.2 Å². The Bertz CT molecular complexity index is 1030. The highest BCUT2D eigenvalue weighted by Crippen LogP contribution is 2.53. The number of benzene rings is 2. The molecule has 0 saturated heterocycles. The number of aliphatic hydroxyl groups is 1. The van der Waals surface area contributed by atoms with Gasteiger partial charge in [-0.25, -0.2) is 8.42 Å². The maximum absolute atomic E-state index is 13.6. The van der Waals surface area contributed by atoms with Gasteiger partial charge >= 0.3 is 0 Å². The third kappa shape index (κ3) is 2.83. The van der Waals surface area contributed by atoms with Crippen LogP contribution >= 0.6 is 0 Å². The number of carbonyl (C=O) groups is 1. The molecule has 1 heterocycles. The van der Waals surface area contributed by atoms with Crippen LogP contribution in [-0.4, -0.2) is 30.2 Å². The molecule has 0 bridgehead atoms. The maximum atomic E-state index is 13.6. The lowest BCUT2D eigenvalue weighted by Crippen LogP contribution is -2.52. The van der Waals surface area contributed by atoms with Crippen molar-refractivity contribution in [1.29, 1.82) is 0 Å². The van der Waals surface area contributed by atoms with E-state index in [1.807, 2.05) is 39.0 Å². The second kappa shape index (κ2) is 6.53. The van der Waals surface area contributed by atoms with Crippen LogP contribution in [0.2, 0.25) is 0 Å². The molecule has 0 radical (unpaired) electrons. The molecule has 0 saturated carbocycles. The van der Waals surface area contributed by atoms with E-state index in [9.17, 15) is 18.3 Å². The van der Waals surface area contributed by atoms with Gasteiger partial charge in [-0.1, -0.05) is 55.8 Å². The van der Waals surface area contributed by atoms with Crippen molar-refractivity contribution >= 4 is 15.6 Å². The zero-order valence-corrected chi connectivity index (χ0v) is 18.1. The predicted molar refractivity (Wildman–Crippen MR) is 111 cm³/mol. The molecule has 5 heteroatoms. The molecule has 2 aromatic rings. The molecule has 3 rings (SSSR count). The average Bonchev–Trinajstić information content (AvgIpc) is 2.64. The average molecular weight is 401 g/mol. The Balaban J connectivity index is 2.35. The highest BCUT2D eigenvalue weighted by molar-refractivity contribution is 7.93. The standard InChI is InChI=1S/C23H28O4S/c1-14-7-12-19-18(13-14)20(17-10-8-16(9-11-17)15(2)24)21(25)22(3,4)23(5,6)28(19,26)27/h7-13,20-21,25H,1-6H3/t20-,21?/m0/s1. The van der Waals surface area contributed by atoms with Crippen LogP contribution in [0.1, 0.15) is 67.6 Å². The van der Waals surface area contributed by atoms with Crippen LogP contribution in [0.15, 0.2) is 47.4 Å². The second-order valence-corrected chi connectivity index (χ2v) is 11.3. The van der Waals surface area contributed by atoms with Crippen molar-refractivity contribution in [3.63, 3.8) is 0 Å². The number of aliphatic hydroxyl groups excluding tert-OH is 1. The fourth-order valence-corrected chi connectivity index (χ4v) is 6.11. The number of rotatable bonds is 2. The molecule has 28 heavy (non-hydrogen) atoms. The van der Waals surface area contributed by atoms with Gasteiger partial charge in [-0.05, 0) is 44.9 Å². The Morgan fingerprint density at radius 3 is 2.11 bits per heavy atom.